The van der Waals surface area contributed by atoms with Crippen LogP contribution >= 0.6 is 0 Å². The van der Waals surface area contributed by atoms with Crippen molar-refractivity contribution in [3.05, 3.63) is 0 Å². The maximum atomic E-state index is 11.5. The monoisotopic (exact) mass is 268 g/mol. The molecule has 0 spiro atoms. The molecule has 0 amide bonds. The number of methoxy groups -OCH3 is 1. The topological polar surface area (TPSA) is 105 Å². The lowest BCUT2D eigenvalue weighted by molar-refractivity contribution is -0.141. The molecule has 0 aliphatic carbocycles. The number of carboxylic acid groups (broad SMARTS) is 1. The molecule has 0 unspecified atom stereocenters. The molecular weight excluding hydrogens is 248 g/mol. The Labute approximate surface area is 102 Å². The summed E-state index contributed by atoms with van der Waals surface area (Å²) in [7, 11) is -2.40. The minimum atomic E-state index is -3.84. The minimum absolute atomic E-state index is 0.0856. The maximum absolute atomic E-state index is 11.5. The Hall–Kier alpha value is -0.700. The van der Waals surface area contributed by atoms with Crippen LogP contribution in [0.25, 0.3) is 0 Å². The zero-order valence-corrected chi connectivity index (χ0v) is 11.3. The first-order valence-corrected chi connectivity index (χ1v) is 6.57. The van der Waals surface area contributed by atoms with E-state index < -0.39 is 27.6 Å². The highest BCUT2D eigenvalue weighted by Gasteiger charge is 2.34. The van der Waals surface area contributed by atoms with Crippen molar-refractivity contribution >= 4 is 16.2 Å². The second-order valence-electron chi connectivity index (χ2n) is 4.65. The van der Waals surface area contributed by atoms with Gasteiger partial charge in [-0.15, -0.1) is 0 Å². The average molecular weight is 268 g/mol. The number of nitrogens with one attached hydrogen (secondary N) is 2. The summed E-state index contributed by atoms with van der Waals surface area (Å²) in [5.41, 5.74) is -0.720. The standard InChI is InChI=1S/C9H20N2O5S/c1-9(2,3)7(8(12)13)11-17(14,15)10-5-6-16-4/h7,10-11H,5-6H2,1-4H3,(H,12,13)/t7-/m0/s1. The van der Waals surface area contributed by atoms with Crippen molar-refractivity contribution in [1.29, 1.82) is 0 Å². The summed E-state index contributed by atoms with van der Waals surface area (Å²) < 4.78 is 32.0. The maximum Gasteiger partial charge on any atom is 0.322 e. The fraction of sp³-hybridized carbons (Fsp3) is 0.889. The molecule has 0 aromatic carbocycles. The Kier molecular flexibility index (Phi) is 6.03. The van der Waals surface area contributed by atoms with Crippen LogP contribution in [-0.4, -0.2) is 45.8 Å². The smallest absolute Gasteiger partial charge is 0.322 e. The van der Waals surface area contributed by atoms with Gasteiger partial charge in [0.2, 0.25) is 0 Å². The molecule has 8 heteroatoms. The highest BCUT2D eigenvalue weighted by molar-refractivity contribution is 7.87. The molecule has 3 N–H and O–H groups in total. The summed E-state index contributed by atoms with van der Waals surface area (Å²) in [6.07, 6.45) is 0. The molecule has 0 saturated heterocycles. The van der Waals surface area contributed by atoms with Crippen LogP contribution in [0.4, 0.5) is 0 Å². The molecule has 17 heavy (non-hydrogen) atoms. The third-order valence-electron chi connectivity index (χ3n) is 1.98. The Morgan fingerprint density at radius 1 is 1.41 bits per heavy atom. The molecule has 0 heterocycles. The third kappa shape index (κ3) is 6.57. The summed E-state index contributed by atoms with van der Waals surface area (Å²) in [5, 5.41) is 8.96. The Morgan fingerprint density at radius 2 is 1.94 bits per heavy atom. The lowest BCUT2D eigenvalue weighted by Crippen LogP contribution is -2.52. The van der Waals surface area contributed by atoms with E-state index in [1.807, 2.05) is 0 Å². The van der Waals surface area contributed by atoms with Crippen molar-refractivity contribution in [3.8, 4) is 0 Å². The van der Waals surface area contributed by atoms with Gasteiger partial charge in [0, 0.05) is 13.7 Å². The predicted molar refractivity (Wildman–Crippen MR) is 62.8 cm³/mol. The van der Waals surface area contributed by atoms with Gasteiger partial charge < -0.3 is 9.84 Å². The van der Waals surface area contributed by atoms with E-state index in [4.69, 9.17) is 5.11 Å². The van der Waals surface area contributed by atoms with Crippen molar-refractivity contribution in [2.45, 2.75) is 26.8 Å². The Morgan fingerprint density at radius 3 is 2.29 bits per heavy atom. The van der Waals surface area contributed by atoms with Gasteiger partial charge in [0.1, 0.15) is 6.04 Å². The van der Waals surface area contributed by atoms with Gasteiger partial charge in [0.05, 0.1) is 6.61 Å². The van der Waals surface area contributed by atoms with Crippen molar-refractivity contribution in [1.82, 2.24) is 9.44 Å². The highest BCUT2D eigenvalue weighted by Crippen LogP contribution is 2.19. The number of ether oxygens (including phenoxy) is 1. The molecule has 0 bridgehead atoms. The Balaban J connectivity index is 4.61. The van der Waals surface area contributed by atoms with Gasteiger partial charge in [-0.3, -0.25) is 4.79 Å². The summed E-state index contributed by atoms with van der Waals surface area (Å²) in [5.74, 6) is -1.21. The van der Waals surface area contributed by atoms with Gasteiger partial charge in [-0.2, -0.15) is 17.9 Å². The molecule has 0 aromatic rings. The van der Waals surface area contributed by atoms with Gasteiger partial charge in [0.15, 0.2) is 0 Å². The molecule has 0 fully saturated rings. The first kappa shape index (κ1) is 16.3. The van der Waals surface area contributed by atoms with Crippen LogP contribution in [-0.2, 0) is 19.7 Å². The molecule has 1 atom stereocenters. The van der Waals surface area contributed by atoms with Crippen molar-refractivity contribution < 1.29 is 23.1 Å². The zero-order chi connectivity index (χ0) is 13.7. The summed E-state index contributed by atoms with van der Waals surface area (Å²) in [6.45, 7) is 5.23. The lowest BCUT2D eigenvalue weighted by Gasteiger charge is -2.27. The molecule has 0 aliphatic rings. The second-order valence-corrected chi connectivity index (χ2v) is 6.18. The normalized spacial score (nSPS) is 14.6. The van der Waals surface area contributed by atoms with Crippen molar-refractivity contribution in [2.75, 3.05) is 20.3 Å². The van der Waals surface area contributed by atoms with E-state index in [-0.39, 0.29) is 13.2 Å². The first-order valence-electron chi connectivity index (χ1n) is 5.09. The number of rotatable bonds is 7. The first-order chi connectivity index (χ1) is 7.60. The van der Waals surface area contributed by atoms with Crippen LogP contribution in [0, 0.1) is 5.41 Å². The summed E-state index contributed by atoms with van der Waals surface area (Å²) in [4.78, 5) is 11.0. The van der Waals surface area contributed by atoms with Crippen molar-refractivity contribution in [2.24, 2.45) is 5.41 Å². The van der Waals surface area contributed by atoms with E-state index in [2.05, 4.69) is 14.2 Å². The largest absolute Gasteiger partial charge is 0.480 e. The van der Waals surface area contributed by atoms with E-state index in [1.165, 1.54) is 7.11 Å². The zero-order valence-electron chi connectivity index (χ0n) is 10.5. The Bertz CT molecular complexity index is 347. The van der Waals surface area contributed by atoms with E-state index in [1.54, 1.807) is 20.8 Å². The highest BCUT2D eigenvalue weighted by atomic mass is 32.2. The fourth-order valence-electron chi connectivity index (χ4n) is 1.07. The number of aliphatic carboxylic acids is 1. The number of carbonyl (C=O) groups is 1. The average Bonchev–Trinajstić information content (AvgIpc) is 2.12. The van der Waals surface area contributed by atoms with Gasteiger partial charge in [-0.05, 0) is 5.41 Å². The molecule has 102 valence electrons. The summed E-state index contributed by atoms with van der Waals surface area (Å²) >= 11 is 0. The van der Waals surface area contributed by atoms with E-state index in [0.717, 1.165) is 0 Å². The van der Waals surface area contributed by atoms with Gasteiger partial charge >= 0.3 is 5.97 Å². The van der Waals surface area contributed by atoms with Crippen LogP contribution in [0.5, 0.6) is 0 Å². The number of hydrogen-bond acceptors (Lipinski definition) is 4. The SMILES string of the molecule is COCCNS(=O)(=O)N[C@@H](C(=O)O)C(C)(C)C. The van der Waals surface area contributed by atoms with Crippen LogP contribution < -0.4 is 9.44 Å². The number of carboxylic acids is 1. The van der Waals surface area contributed by atoms with Crippen LogP contribution in [0.1, 0.15) is 20.8 Å². The van der Waals surface area contributed by atoms with Gasteiger partial charge in [0.25, 0.3) is 10.2 Å². The van der Waals surface area contributed by atoms with E-state index in [9.17, 15) is 13.2 Å². The molecular formula is C9H20N2O5S. The fourth-order valence-corrected chi connectivity index (χ4v) is 2.27. The van der Waals surface area contributed by atoms with Crippen LogP contribution in [0.2, 0.25) is 0 Å². The molecule has 0 saturated carbocycles. The quantitative estimate of drug-likeness (QED) is 0.543. The molecule has 0 aromatic heterocycles. The predicted octanol–water partition coefficient (Wildman–Crippen LogP) is -0.444. The molecule has 7 nitrogen and oxygen atoms in total. The molecule has 0 aliphatic heterocycles. The van der Waals surface area contributed by atoms with Gasteiger partial charge in [-0.1, -0.05) is 20.8 Å². The summed E-state index contributed by atoms with van der Waals surface area (Å²) in [6, 6.07) is -1.19. The molecule has 0 rings (SSSR count). The van der Waals surface area contributed by atoms with E-state index >= 15 is 0 Å². The van der Waals surface area contributed by atoms with Crippen LogP contribution in [0.15, 0.2) is 0 Å². The second kappa shape index (κ2) is 6.29. The lowest BCUT2D eigenvalue weighted by atomic mass is 9.88. The third-order valence-corrected chi connectivity index (χ3v) is 3.11. The van der Waals surface area contributed by atoms with Crippen molar-refractivity contribution in [3.63, 3.8) is 0 Å². The molecule has 0 radical (unpaired) electrons. The number of hydrogen-bond donors (Lipinski definition) is 3. The van der Waals surface area contributed by atoms with E-state index in [0.29, 0.717) is 0 Å². The minimum Gasteiger partial charge on any atom is -0.480 e. The van der Waals surface area contributed by atoms with Gasteiger partial charge in [-0.25, -0.2) is 0 Å². The van der Waals surface area contributed by atoms with Crippen LogP contribution in [0.3, 0.4) is 0 Å².